The Kier molecular flexibility index (Phi) is 6.57. The lowest BCUT2D eigenvalue weighted by atomic mass is 10.2. The zero-order valence-corrected chi connectivity index (χ0v) is 11.8. The predicted octanol–water partition coefficient (Wildman–Crippen LogP) is 2.77. The van der Waals surface area contributed by atoms with Crippen molar-refractivity contribution in [2.45, 2.75) is 25.3 Å². The van der Waals surface area contributed by atoms with Crippen LogP contribution < -0.4 is 4.74 Å². The van der Waals surface area contributed by atoms with Gasteiger partial charge in [0.15, 0.2) is 5.75 Å². The molecule has 0 radical (unpaired) electrons. The third kappa shape index (κ3) is 4.56. The van der Waals surface area contributed by atoms with Gasteiger partial charge in [0, 0.05) is 11.9 Å². The molecule has 0 saturated carbocycles. The van der Waals surface area contributed by atoms with Crippen LogP contribution in [0.2, 0.25) is 0 Å². The first-order chi connectivity index (χ1) is 8.69. The summed E-state index contributed by atoms with van der Waals surface area (Å²) in [5.41, 5.74) is 0. The van der Waals surface area contributed by atoms with Crippen LogP contribution in [0.15, 0.2) is 23.4 Å². The molecule has 18 heavy (non-hydrogen) atoms. The summed E-state index contributed by atoms with van der Waals surface area (Å²) >= 11 is 1.51. The quantitative estimate of drug-likeness (QED) is 0.562. The Morgan fingerprint density at radius 2 is 2.33 bits per heavy atom. The van der Waals surface area contributed by atoms with E-state index in [2.05, 4.69) is 11.9 Å². The molecule has 1 aromatic heterocycles. The van der Waals surface area contributed by atoms with Crippen molar-refractivity contribution in [3.63, 3.8) is 0 Å². The largest absolute Gasteiger partial charge is 0.491 e. The first kappa shape index (κ1) is 14.8. The SMILES string of the molecule is CCCOc1cccnc1SCC(C)C(=O)OC. The summed E-state index contributed by atoms with van der Waals surface area (Å²) < 4.78 is 10.3. The molecule has 0 spiro atoms. The number of aromatic nitrogens is 1. The van der Waals surface area contributed by atoms with E-state index in [0.717, 1.165) is 17.2 Å². The summed E-state index contributed by atoms with van der Waals surface area (Å²) in [5.74, 6) is 1.06. The summed E-state index contributed by atoms with van der Waals surface area (Å²) in [6.45, 7) is 4.57. The number of carbonyl (C=O) groups excluding carboxylic acids is 1. The molecule has 5 heteroatoms. The van der Waals surface area contributed by atoms with E-state index in [0.29, 0.717) is 12.4 Å². The summed E-state index contributed by atoms with van der Waals surface area (Å²) in [6.07, 6.45) is 2.68. The number of carbonyl (C=O) groups is 1. The molecule has 1 aromatic rings. The summed E-state index contributed by atoms with van der Waals surface area (Å²) in [5, 5.41) is 0.821. The smallest absolute Gasteiger partial charge is 0.309 e. The van der Waals surface area contributed by atoms with Gasteiger partial charge in [-0.15, -0.1) is 11.8 Å². The number of pyridine rings is 1. The molecular weight excluding hydrogens is 250 g/mol. The van der Waals surface area contributed by atoms with Crippen LogP contribution in [0.3, 0.4) is 0 Å². The van der Waals surface area contributed by atoms with Gasteiger partial charge in [-0.25, -0.2) is 4.98 Å². The second-order valence-electron chi connectivity index (χ2n) is 3.89. The Hall–Kier alpha value is -1.23. The number of nitrogens with zero attached hydrogens (tertiary/aromatic N) is 1. The van der Waals surface area contributed by atoms with Crippen molar-refractivity contribution in [1.82, 2.24) is 4.98 Å². The molecule has 0 aliphatic heterocycles. The van der Waals surface area contributed by atoms with Gasteiger partial charge in [-0.3, -0.25) is 4.79 Å². The van der Waals surface area contributed by atoms with E-state index in [9.17, 15) is 4.79 Å². The molecule has 0 bridgehead atoms. The molecule has 0 aliphatic rings. The highest BCUT2D eigenvalue weighted by atomic mass is 32.2. The van der Waals surface area contributed by atoms with Gasteiger partial charge in [0.1, 0.15) is 5.03 Å². The molecule has 0 N–H and O–H groups in total. The van der Waals surface area contributed by atoms with Crippen LogP contribution >= 0.6 is 11.8 Å². The number of thioether (sulfide) groups is 1. The highest BCUT2D eigenvalue weighted by molar-refractivity contribution is 7.99. The maximum absolute atomic E-state index is 11.3. The van der Waals surface area contributed by atoms with Crippen molar-refractivity contribution in [2.24, 2.45) is 5.92 Å². The first-order valence-corrected chi connectivity index (χ1v) is 6.96. The Morgan fingerprint density at radius 3 is 3.00 bits per heavy atom. The predicted molar refractivity (Wildman–Crippen MR) is 71.9 cm³/mol. The summed E-state index contributed by atoms with van der Waals surface area (Å²) in [7, 11) is 1.40. The van der Waals surface area contributed by atoms with Crippen LogP contribution in [0, 0.1) is 5.92 Å². The van der Waals surface area contributed by atoms with E-state index in [1.807, 2.05) is 19.1 Å². The second-order valence-corrected chi connectivity index (χ2v) is 4.90. The number of ether oxygens (including phenoxy) is 2. The monoisotopic (exact) mass is 269 g/mol. The van der Waals surface area contributed by atoms with Gasteiger partial charge >= 0.3 is 5.97 Å². The van der Waals surface area contributed by atoms with Crippen LogP contribution in [-0.4, -0.2) is 30.4 Å². The number of methoxy groups -OCH3 is 1. The van der Waals surface area contributed by atoms with Gasteiger partial charge in [-0.1, -0.05) is 13.8 Å². The van der Waals surface area contributed by atoms with Crippen molar-refractivity contribution >= 4 is 17.7 Å². The third-order valence-electron chi connectivity index (χ3n) is 2.27. The Morgan fingerprint density at radius 1 is 1.56 bits per heavy atom. The fraction of sp³-hybridized carbons (Fsp3) is 0.538. The van der Waals surface area contributed by atoms with Crippen molar-refractivity contribution in [3.05, 3.63) is 18.3 Å². The molecule has 0 amide bonds. The second kappa shape index (κ2) is 7.97. The van der Waals surface area contributed by atoms with Crippen molar-refractivity contribution in [3.8, 4) is 5.75 Å². The van der Waals surface area contributed by atoms with E-state index < -0.39 is 0 Å². The molecule has 1 heterocycles. The summed E-state index contributed by atoms with van der Waals surface area (Å²) in [6, 6.07) is 3.74. The first-order valence-electron chi connectivity index (χ1n) is 5.97. The minimum Gasteiger partial charge on any atom is -0.491 e. The molecule has 0 saturated heterocycles. The Balaban J connectivity index is 2.58. The van der Waals surface area contributed by atoms with E-state index in [1.54, 1.807) is 6.20 Å². The number of rotatable bonds is 7. The highest BCUT2D eigenvalue weighted by Crippen LogP contribution is 2.28. The van der Waals surface area contributed by atoms with Gasteiger partial charge in [-0.2, -0.15) is 0 Å². The third-order valence-corrected chi connectivity index (χ3v) is 3.52. The lowest BCUT2D eigenvalue weighted by Gasteiger charge is -2.11. The molecule has 1 atom stereocenters. The van der Waals surface area contributed by atoms with E-state index >= 15 is 0 Å². The molecule has 1 rings (SSSR count). The number of hydrogen-bond acceptors (Lipinski definition) is 5. The van der Waals surface area contributed by atoms with Crippen molar-refractivity contribution < 1.29 is 14.3 Å². The number of esters is 1. The van der Waals surface area contributed by atoms with Crippen molar-refractivity contribution in [2.75, 3.05) is 19.5 Å². The highest BCUT2D eigenvalue weighted by Gasteiger charge is 2.15. The maximum Gasteiger partial charge on any atom is 0.309 e. The fourth-order valence-electron chi connectivity index (χ4n) is 1.28. The van der Waals surface area contributed by atoms with Gasteiger partial charge in [-0.05, 0) is 18.6 Å². The van der Waals surface area contributed by atoms with E-state index in [4.69, 9.17) is 9.47 Å². The van der Waals surface area contributed by atoms with Gasteiger partial charge in [0.2, 0.25) is 0 Å². The van der Waals surface area contributed by atoms with Gasteiger partial charge in [0.25, 0.3) is 0 Å². The Bertz CT molecular complexity index is 384. The van der Waals surface area contributed by atoms with Crippen LogP contribution in [0.5, 0.6) is 5.75 Å². The number of hydrogen-bond donors (Lipinski definition) is 0. The molecular formula is C13H19NO3S. The average Bonchev–Trinajstić information content (AvgIpc) is 2.42. The van der Waals surface area contributed by atoms with Gasteiger partial charge in [0.05, 0.1) is 19.6 Å². The summed E-state index contributed by atoms with van der Waals surface area (Å²) in [4.78, 5) is 15.6. The minimum absolute atomic E-state index is 0.152. The van der Waals surface area contributed by atoms with Crippen LogP contribution in [0.4, 0.5) is 0 Å². The zero-order valence-electron chi connectivity index (χ0n) is 11.0. The minimum atomic E-state index is -0.200. The van der Waals surface area contributed by atoms with Crippen LogP contribution in [0.1, 0.15) is 20.3 Å². The van der Waals surface area contributed by atoms with Gasteiger partial charge < -0.3 is 9.47 Å². The van der Waals surface area contributed by atoms with E-state index in [-0.39, 0.29) is 11.9 Å². The molecule has 100 valence electrons. The van der Waals surface area contributed by atoms with Crippen LogP contribution in [-0.2, 0) is 9.53 Å². The van der Waals surface area contributed by atoms with Crippen LogP contribution in [0.25, 0.3) is 0 Å². The molecule has 0 aliphatic carbocycles. The zero-order chi connectivity index (χ0) is 13.4. The Labute approximate surface area is 112 Å². The average molecular weight is 269 g/mol. The molecule has 4 nitrogen and oxygen atoms in total. The molecule has 1 unspecified atom stereocenters. The van der Waals surface area contributed by atoms with E-state index in [1.165, 1.54) is 18.9 Å². The fourth-order valence-corrected chi connectivity index (χ4v) is 2.23. The normalized spacial score (nSPS) is 11.9. The standard InChI is InChI=1S/C13H19NO3S/c1-4-8-17-11-6-5-7-14-12(11)18-9-10(2)13(15)16-3/h5-7,10H,4,8-9H2,1-3H3. The topological polar surface area (TPSA) is 48.4 Å². The molecule has 0 aromatic carbocycles. The molecule has 0 fully saturated rings. The lowest BCUT2D eigenvalue weighted by molar-refractivity contribution is -0.143. The maximum atomic E-state index is 11.3. The van der Waals surface area contributed by atoms with Crippen molar-refractivity contribution in [1.29, 1.82) is 0 Å². The lowest BCUT2D eigenvalue weighted by Crippen LogP contribution is -2.14.